The van der Waals surface area contributed by atoms with Gasteiger partial charge in [-0.15, -0.1) is 12.4 Å². The molecule has 6 nitrogen and oxygen atoms in total. The molecule has 142 valence electrons. The highest BCUT2D eigenvalue weighted by Gasteiger charge is 2.08. The molecule has 0 aliphatic carbocycles. The summed E-state index contributed by atoms with van der Waals surface area (Å²) in [4.78, 5) is 11.7. The number of rotatable bonds is 9. The molecule has 7 heteroatoms. The summed E-state index contributed by atoms with van der Waals surface area (Å²) in [5.41, 5.74) is 1.11. The molecule has 26 heavy (non-hydrogen) atoms. The van der Waals surface area contributed by atoms with Crippen LogP contribution in [-0.2, 0) is 11.2 Å². The average Bonchev–Trinajstić information content (AvgIpc) is 2.63. The number of esters is 1. The Balaban J connectivity index is 0.00000338. The monoisotopic (exact) mass is 381 g/mol. The van der Waals surface area contributed by atoms with E-state index in [1.165, 1.54) is 6.07 Å². The number of ether oxygens (including phenoxy) is 3. The molecule has 2 aromatic rings. The minimum atomic E-state index is -0.389. The van der Waals surface area contributed by atoms with Gasteiger partial charge in [-0.05, 0) is 42.8 Å². The van der Waals surface area contributed by atoms with Crippen molar-refractivity contribution in [2.75, 3.05) is 27.3 Å². The summed E-state index contributed by atoms with van der Waals surface area (Å²) in [5, 5.41) is 12.8. The van der Waals surface area contributed by atoms with E-state index in [4.69, 9.17) is 14.2 Å². The van der Waals surface area contributed by atoms with Crippen molar-refractivity contribution in [3.63, 3.8) is 0 Å². The van der Waals surface area contributed by atoms with Crippen LogP contribution in [0.3, 0.4) is 0 Å². The number of aromatic hydroxyl groups is 1. The lowest BCUT2D eigenvalue weighted by Gasteiger charge is -2.10. The van der Waals surface area contributed by atoms with Gasteiger partial charge in [-0.1, -0.05) is 18.2 Å². The highest BCUT2D eigenvalue weighted by Crippen LogP contribution is 2.27. The molecule has 0 spiro atoms. The summed E-state index contributed by atoms with van der Waals surface area (Å²) in [7, 11) is 3.21. The van der Waals surface area contributed by atoms with E-state index >= 15 is 0 Å². The summed E-state index contributed by atoms with van der Waals surface area (Å²) < 4.78 is 15.6. The van der Waals surface area contributed by atoms with Crippen molar-refractivity contribution in [1.82, 2.24) is 5.32 Å². The smallest absolute Gasteiger partial charge is 0.312 e. The van der Waals surface area contributed by atoms with Gasteiger partial charge in [-0.25, -0.2) is 0 Å². The lowest BCUT2D eigenvalue weighted by molar-refractivity contribution is -0.134. The second-order valence-electron chi connectivity index (χ2n) is 5.38. The molecule has 2 rings (SSSR count). The molecule has 0 heterocycles. The van der Waals surface area contributed by atoms with E-state index in [1.54, 1.807) is 32.4 Å². The van der Waals surface area contributed by atoms with Crippen molar-refractivity contribution < 1.29 is 24.1 Å². The van der Waals surface area contributed by atoms with Crippen molar-refractivity contribution in [1.29, 1.82) is 0 Å². The molecule has 0 radical (unpaired) electrons. The third-order valence-corrected chi connectivity index (χ3v) is 3.63. The minimum Gasteiger partial charge on any atom is -0.504 e. The first-order valence-corrected chi connectivity index (χ1v) is 8.04. The van der Waals surface area contributed by atoms with Crippen LogP contribution in [0.4, 0.5) is 0 Å². The van der Waals surface area contributed by atoms with Crippen molar-refractivity contribution in [3.8, 4) is 23.0 Å². The Bertz CT molecular complexity index is 708. The molecule has 0 saturated carbocycles. The molecule has 0 atom stereocenters. The lowest BCUT2D eigenvalue weighted by Crippen LogP contribution is -2.22. The number of hydrogen-bond acceptors (Lipinski definition) is 6. The maximum Gasteiger partial charge on any atom is 0.312 e. The second-order valence-corrected chi connectivity index (χ2v) is 5.38. The lowest BCUT2D eigenvalue weighted by atomic mass is 10.1. The van der Waals surface area contributed by atoms with Crippen LogP contribution in [0.2, 0.25) is 0 Å². The maximum atomic E-state index is 11.7. The van der Waals surface area contributed by atoms with Gasteiger partial charge in [0.05, 0.1) is 20.6 Å². The van der Waals surface area contributed by atoms with Gasteiger partial charge in [0.25, 0.3) is 0 Å². The van der Waals surface area contributed by atoms with E-state index in [0.29, 0.717) is 18.0 Å². The Kier molecular flexibility index (Phi) is 9.33. The zero-order valence-corrected chi connectivity index (χ0v) is 15.7. The molecular weight excluding hydrogens is 358 g/mol. The SMILES string of the molecule is COc1ccc(CCNCCC(=O)Oc2ccccc2O)cc1OC.Cl. The number of carbonyl (C=O) groups excluding carboxylic acids is 1. The second kappa shape index (κ2) is 11.2. The first kappa shape index (κ1) is 21.6. The molecule has 2 aromatic carbocycles. The maximum absolute atomic E-state index is 11.7. The number of carbonyl (C=O) groups is 1. The molecule has 0 aliphatic rings. The molecule has 0 saturated heterocycles. The van der Waals surface area contributed by atoms with Gasteiger partial charge in [-0.3, -0.25) is 4.79 Å². The van der Waals surface area contributed by atoms with Crippen LogP contribution in [-0.4, -0.2) is 38.4 Å². The largest absolute Gasteiger partial charge is 0.504 e. The Labute approximate surface area is 159 Å². The highest BCUT2D eigenvalue weighted by atomic mass is 35.5. The Hall–Kier alpha value is -2.44. The van der Waals surface area contributed by atoms with Crippen molar-refractivity contribution in [2.45, 2.75) is 12.8 Å². The van der Waals surface area contributed by atoms with Crippen molar-refractivity contribution in [3.05, 3.63) is 48.0 Å². The summed E-state index contributed by atoms with van der Waals surface area (Å²) >= 11 is 0. The number of para-hydroxylation sites is 2. The fourth-order valence-electron chi connectivity index (χ4n) is 2.30. The fourth-order valence-corrected chi connectivity index (χ4v) is 2.30. The predicted molar refractivity (Wildman–Crippen MR) is 102 cm³/mol. The first-order chi connectivity index (χ1) is 12.1. The molecule has 0 bridgehead atoms. The van der Waals surface area contributed by atoms with Gasteiger partial charge in [0.15, 0.2) is 23.0 Å². The molecule has 0 amide bonds. The van der Waals surface area contributed by atoms with Crippen LogP contribution in [0.25, 0.3) is 0 Å². The number of halogens is 1. The third-order valence-electron chi connectivity index (χ3n) is 3.63. The van der Waals surface area contributed by atoms with E-state index in [1.807, 2.05) is 18.2 Å². The first-order valence-electron chi connectivity index (χ1n) is 8.04. The number of hydrogen-bond donors (Lipinski definition) is 2. The van der Waals surface area contributed by atoms with E-state index in [-0.39, 0.29) is 36.3 Å². The Morgan fingerprint density at radius 2 is 1.73 bits per heavy atom. The minimum absolute atomic E-state index is 0. The standard InChI is InChI=1S/C19H23NO5.ClH/c1-23-17-8-7-14(13-18(17)24-2)9-11-20-12-10-19(22)25-16-6-4-3-5-15(16)21;/h3-8,13,20-21H,9-12H2,1-2H3;1H. The zero-order valence-electron chi connectivity index (χ0n) is 14.9. The van der Waals surface area contributed by atoms with Crippen molar-refractivity contribution >= 4 is 18.4 Å². The molecule has 0 aromatic heterocycles. The quantitative estimate of drug-likeness (QED) is 0.395. The van der Waals surface area contributed by atoms with E-state index in [0.717, 1.165) is 18.5 Å². The number of phenols is 1. The van der Waals surface area contributed by atoms with Crippen molar-refractivity contribution in [2.24, 2.45) is 0 Å². The molecular formula is C19H24ClNO5. The average molecular weight is 382 g/mol. The van der Waals surface area contributed by atoms with Gasteiger partial charge >= 0.3 is 5.97 Å². The van der Waals surface area contributed by atoms with Gasteiger partial charge in [0.1, 0.15) is 0 Å². The summed E-state index contributed by atoms with van der Waals surface area (Å²) in [6.07, 6.45) is 1.02. The zero-order chi connectivity index (χ0) is 18.1. The number of nitrogens with one attached hydrogen (secondary N) is 1. The number of phenolic OH excluding ortho intramolecular Hbond substituents is 1. The van der Waals surface area contributed by atoms with E-state index in [9.17, 15) is 9.90 Å². The van der Waals surface area contributed by atoms with Gasteiger partial charge in [0, 0.05) is 6.54 Å². The fraction of sp³-hybridized carbons (Fsp3) is 0.316. The van der Waals surface area contributed by atoms with Crippen LogP contribution in [0, 0.1) is 0 Å². The van der Waals surface area contributed by atoms with Crippen LogP contribution in [0.1, 0.15) is 12.0 Å². The van der Waals surface area contributed by atoms with Gasteiger partial charge in [-0.2, -0.15) is 0 Å². The normalized spacial score (nSPS) is 9.92. The third kappa shape index (κ3) is 6.46. The number of methoxy groups -OCH3 is 2. The Morgan fingerprint density at radius 3 is 2.42 bits per heavy atom. The molecule has 0 fully saturated rings. The number of benzene rings is 2. The van der Waals surface area contributed by atoms with E-state index in [2.05, 4.69) is 5.32 Å². The summed E-state index contributed by atoms with van der Waals surface area (Å²) in [6, 6.07) is 12.2. The summed E-state index contributed by atoms with van der Waals surface area (Å²) in [5.74, 6) is 1.15. The predicted octanol–water partition coefficient (Wildman–Crippen LogP) is 2.96. The van der Waals surface area contributed by atoms with E-state index < -0.39 is 0 Å². The van der Waals surface area contributed by atoms with Gasteiger partial charge < -0.3 is 24.6 Å². The summed E-state index contributed by atoms with van der Waals surface area (Å²) in [6.45, 7) is 1.22. The van der Waals surface area contributed by atoms with Crippen LogP contribution in [0.5, 0.6) is 23.0 Å². The topological polar surface area (TPSA) is 77.0 Å². The highest BCUT2D eigenvalue weighted by molar-refractivity contribution is 5.85. The molecule has 0 unspecified atom stereocenters. The van der Waals surface area contributed by atoms with Crippen LogP contribution in [0.15, 0.2) is 42.5 Å². The van der Waals surface area contributed by atoms with Crippen LogP contribution < -0.4 is 19.5 Å². The molecule has 2 N–H and O–H groups in total. The van der Waals surface area contributed by atoms with Gasteiger partial charge in [0.2, 0.25) is 0 Å². The molecule has 0 aliphatic heterocycles. The Morgan fingerprint density at radius 1 is 1.00 bits per heavy atom. The van der Waals surface area contributed by atoms with Crippen LogP contribution >= 0.6 is 12.4 Å².